The summed E-state index contributed by atoms with van der Waals surface area (Å²) in [5, 5.41) is 9.97. The summed E-state index contributed by atoms with van der Waals surface area (Å²) in [4.78, 5) is 43.4. The SMILES string of the molecule is CC[C@H](C(=O)N1CC(OC)C1)N(C(=O)C1CCC(C)CC1)c1cc(C#CC(C)C)sc1C(=O)O. The van der Waals surface area contributed by atoms with Gasteiger partial charge in [-0.15, -0.1) is 11.3 Å². The van der Waals surface area contributed by atoms with Crippen LogP contribution in [0.15, 0.2) is 6.07 Å². The summed E-state index contributed by atoms with van der Waals surface area (Å²) in [6.45, 7) is 8.95. The van der Waals surface area contributed by atoms with Crippen molar-refractivity contribution in [3.8, 4) is 11.8 Å². The monoisotopic (exact) mass is 488 g/mol. The van der Waals surface area contributed by atoms with Gasteiger partial charge in [0.2, 0.25) is 11.8 Å². The van der Waals surface area contributed by atoms with Gasteiger partial charge in [0.15, 0.2) is 0 Å². The topological polar surface area (TPSA) is 87.2 Å². The van der Waals surface area contributed by atoms with Crippen molar-refractivity contribution in [2.75, 3.05) is 25.1 Å². The number of rotatable bonds is 7. The third-order valence-electron chi connectivity index (χ3n) is 6.73. The van der Waals surface area contributed by atoms with Crippen molar-refractivity contribution >= 4 is 34.8 Å². The first-order valence-corrected chi connectivity index (χ1v) is 13.0. The molecule has 1 aliphatic carbocycles. The molecule has 34 heavy (non-hydrogen) atoms. The molecule has 1 atom stereocenters. The van der Waals surface area contributed by atoms with Crippen LogP contribution in [0.25, 0.3) is 0 Å². The van der Waals surface area contributed by atoms with Gasteiger partial charge in [-0.2, -0.15) is 0 Å². The van der Waals surface area contributed by atoms with E-state index >= 15 is 0 Å². The molecule has 7 nitrogen and oxygen atoms in total. The molecule has 1 aliphatic heterocycles. The van der Waals surface area contributed by atoms with Gasteiger partial charge < -0.3 is 14.7 Å². The minimum Gasteiger partial charge on any atom is -0.477 e. The highest BCUT2D eigenvalue weighted by Crippen LogP contribution is 2.37. The summed E-state index contributed by atoms with van der Waals surface area (Å²) < 4.78 is 5.31. The number of nitrogens with zero attached hydrogens (tertiary/aromatic N) is 2. The van der Waals surface area contributed by atoms with Gasteiger partial charge in [-0.3, -0.25) is 14.5 Å². The molecule has 2 amide bonds. The molecule has 0 aromatic carbocycles. The number of carbonyl (C=O) groups excluding carboxylic acids is 2. The molecule has 1 aromatic heterocycles. The number of methoxy groups -OCH3 is 1. The number of hydrogen-bond donors (Lipinski definition) is 1. The van der Waals surface area contributed by atoms with Gasteiger partial charge in [-0.25, -0.2) is 4.79 Å². The van der Waals surface area contributed by atoms with Gasteiger partial charge >= 0.3 is 5.97 Å². The molecule has 0 radical (unpaired) electrons. The highest BCUT2D eigenvalue weighted by Gasteiger charge is 2.42. The van der Waals surface area contributed by atoms with Crippen LogP contribution in [0.2, 0.25) is 0 Å². The molecule has 1 aromatic rings. The number of thiophene rings is 1. The first-order valence-electron chi connectivity index (χ1n) is 12.2. The number of hydrogen-bond acceptors (Lipinski definition) is 5. The van der Waals surface area contributed by atoms with E-state index in [-0.39, 0.29) is 40.3 Å². The number of anilines is 1. The summed E-state index contributed by atoms with van der Waals surface area (Å²) in [6, 6.07) is 0.917. The maximum Gasteiger partial charge on any atom is 0.348 e. The molecule has 0 spiro atoms. The summed E-state index contributed by atoms with van der Waals surface area (Å²) in [5.74, 6) is 5.16. The van der Waals surface area contributed by atoms with E-state index in [1.165, 1.54) is 4.90 Å². The van der Waals surface area contributed by atoms with Crippen molar-refractivity contribution in [2.45, 2.75) is 71.9 Å². The van der Waals surface area contributed by atoms with E-state index in [0.717, 1.165) is 37.0 Å². The van der Waals surface area contributed by atoms with Crippen molar-refractivity contribution in [3.63, 3.8) is 0 Å². The molecular formula is C26H36N2O5S. The highest BCUT2D eigenvalue weighted by molar-refractivity contribution is 7.15. The summed E-state index contributed by atoms with van der Waals surface area (Å²) in [5.41, 5.74) is 0.290. The van der Waals surface area contributed by atoms with E-state index in [2.05, 4.69) is 18.8 Å². The average molecular weight is 489 g/mol. The summed E-state index contributed by atoms with van der Waals surface area (Å²) >= 11 is 1.06. The van der Waals surface area contributed by atoms with Crippen LogP contribution in [0.4, 0.5) is 5.69 Å². The van der Waals surface area contributed by atoms with Crippen molar-refractivity contribution in [1.29, 1.82) is 0 Å². The Morgan fingerprint density at radius 3 is 2.41 bits per heavy atom. The number of carboxylic acid groups (broad SMARTS) is 1. The number of likely N-dealkylation sites (tertiary alicyclic amines) is 1. The second-order valence-corrected chi connectivity index (χ2v) is 10.8. The van der Waals surface area contributed by atoms with Crippen LogP contribution in [0.5, 0.6) is 0 Å². The van der Waals surface area contributed by atoms with Crippen molar-refractivity contribution in [2.24, 2.45) is 17.8 Å². The lowest BCUT2D eigenvalue weighted by Gasteiger charge is -2.43. The molecule has 0 unspecified atom stereocenters. The van der Waals surface area contributed by atoms with Gasteiger partial charge in [0, 0.05) is 32.0 Å². The van der Waals surface area contributed by atoms with Gasteiger partial charge in [-0.05, 0) is 44.1 Å². The Hall–Kier alpha value is -2.37. The zero-order valence-electron chi connectivity index (χ0n) is 20.8. The Labute approximate surface area is 206 Å². The molecular weight excluding hydrogens is 452 g/mol. The van der Waals surface area contributed by atoms with Crippen LogP contribution < -0.4 is 4.90 Å². The standard InChI is InChI=1S/C26H36N2O5S/c1-6-21(25(30)27-14-19(15-27)33-5)28(24(29)18-10-8-17(4)9-11-18)22-13-20(12-7-16(2)3)34-23(22)26(31)32/h13,16-19,21H,6,8-11,14-15H2,1-5H3,(H,31,32)/t17?,18?,21-/m1/s1. The highest BCUT2D eigenvalue weighted by atomic mass is 32.1. The molecule has 1 saturated carbocycles. The van der Waals surface area contributed by atoms with Crippen LogP contribution in [-0.4, -0.2) is 60.1 Å². The smallest absolute Gasteiger partial charge is 0.348 e. The van der Waals surface area contributed by atoms with E-state index in [0.29, 0.717) is 30.3 Å². The van der Waals surface area contributed by atoms with E-state index in [1.807, 2.05) is 20.8 Å². The van der Waals surface area contributed by atoms with Crippen molar-refractivity contribution in [3.05, 3.63) is 15.8 Å². The first-order chi connectivity index (χ1) is 16.2. The van der Waals surface area contributed by atoms with Crippen LogP contribution in [0.3, 0.4) is 0 Å². The summed E-state index contributed by atoms with van der Waals surface area (Å²) in [6.07, 6.45) is 3.81. The van der Waals surface area contributed by atoms with E-state index < -0.39 is 12.0 Å². The Morgan fingerprint density at radius 1 is 1.24 bits per heavy atom. The second kappa shape index (κ2) is 11.4. The first kappa shape index (κ1) is 26.2. The predicted octanol–water partition coefficient (Wildman–Crippen LogP) is 4.25. The van der Waals surface area contributed by atoms with E-state index in [9.17, 15) is 19.5 Å². The zero-order chi connectivity index (χ0) is 25.0. The minimum atomic E-state index is -1.11. The van der Waals surface area contributed by atoms with Crippen LogP contribution >= 0.6 is 11.3 Å². The van der Waals surface area contributed by atoms with Gasteiger partial charge in [0.1, 0.15) is 10.9 Å². The number of aromatic carboxylic acids is 1. The fraction of sp³-hybridized carbons (Fsp3) is 0.654. The lowest BCUT2D eigenvalue weighted by molar-refractivity contribution is -0.146. The fourth-order valence-corrected chi connectivity index (χ4v) is 5.43. The Bertz CT molecular complexity index is 962. The third-order valence-corrected chi connectivity index (χ3v) is 7.76. The van der Waals surface area contributed by atoms with Gasteiger partial charge in [-0.1, -0.05) is 39.5 Å². The van der Waals surface area contributed by atoms with Crippen LogP contribution in [0.1, 0.15) is 74.3 Å². The Balaban J connectivity index is 2.02. The zero-order valence-corrected chi connectivity index (χ0v) is 21.6. The average Bonchev–Trinajstić information content (AvgIpc) is 3.19. The molecule has 2 fully saturated rings. The normalized spacial score (nSPS) is 21.4. The quantitative estimate of drug-likeness (QED) is 0.580. The summed E-state index contributed by atoms with van der Waals surface area (Å²) in [7, 11) is 1.62. The molecule has 0 bridgehead atoms. The largest absolute Gasteiger partial charge is 0.477 e. The molecule has 1 N–H and O–H groups in total. The van der Waals surface area contributed by atoms with Gasteiger partial charge in [0.05, 0.1) is 16.7 Å². The van der Waals surface area contributed by atoms with Crippen molar-refractivity contribution < 1.29 is 24.2 Å². The second-order valence-electron chi connectivity index (χ2n) is 9.74. The third kappa shape index (κ3) is 5.81. The lowest BCUT2D eigenvalue weighted by atomic mass is 9.82. The maximum absolute atomic E-state index is 13.9. The van der Waals surface area contributed by atoms with Crippen molar-refractivity contribution in [1.82, 2.24) is 4.90 Å². The number of ether oxygens (including phenoxy) is 1. The molecule has 2 aliphatic rings. The Kier molecular flexibility index (Phi) is 8.78. The minimum absolute atomic E-state index is 0.000853. The molecule has 3 rings (SSSR count). The van der Waals surface area contributed by atoms with Crippen LogP contribution in [-0.2, 0) is 14.3 Å². The molecule has 186 valence electrons. The molecule has 8 heteroatoms. The fourth-order valence-electron chi connectivity index (χ4n) is 4.58. The number of carbonyl (C=O) groups is 3. The molecule has 2 heterocycles. The van der Waals surface area contributed by atoms with Gasteiger partial charge in [0.25, 0.3) is 0 Å². The number of carboxylic acids is 1. The molecule has 1 saturated heterocycles. The van der Waals surface area contributed by atoms with Crippen LogP contribution in [0, 0.1) is 29.6 Å². The maximum atomic E-state index is 13.9. The predicted molar refractivity (Wildman–Crippen MR) is 133 cm³/mol. The number of amides is 2. The van der Waals surface area contributed by atoms with E-state index in [4.69, 9.17) is 4.74 Å². The van der Waals surface area contributed by atoms with E-state index in [1.54, 1.807) is 18.1 Å². The lowest BCUT2D eigenvalue weighted by Crippen LogP contribution is -2.61. The Morgan fingerprint density at radius 2 is 1.88 bits per heavy atom.